The first-order valence-electron chi connectivity index (χ1n) is 9.09. The molecule has 1 aliphatic carbocycles. The molecule has 1 saturated heterocycles. The Labute approximate surface area is 177 Å². The first-order valence-corrected chi connectivity index (χ1v) is 10.4. The number of carbonyl (C=O) groups excluding carboxylic acids is 1. The SMILES string of the molecule is CN=C(NCc1ccc(N2CCCC2=O)cc1)NC1CCC(SC)C1.I. The zero-order valence-electron chi connectivity index (χ0n) is 15.5. The van der Waals surface area contributed by atoms with E-state index in [-0.39, 0.29) is 29.9 Å². The number of hydrogen-bond donors (Lipinski definition) is 2. The molecule has 0 bridgehead atoms. The molecule has 1 aromatic rings. The molecule has 26 heavy (non-hydrogen) atoms. The number of halogens is 1. The number of thioether (sulfide) groups is 1. The summed E-state index contributed by atoms with van der Waals surface area (Å²) < 4.78 is 0. The molecule has 1 aromatic carbocycles. The van der Waals surface area contributed by atoms with Crippen molar-refractivity contribution >= 4 is 53.3 Å². The maximum atomic E-state index is 11.8. The van der Waals surface area contributed by atoms with Gasteiger partial charge in [-0.1, -0.05) is 12.1 Å². The van der Waals surface area contributed by atoms with Crippen molar-refractivity contribution in [2.45, 2.75) is 49.9 Å². The van der Waals surface area contributed by atoms with Crippen molar-refractivity contribution in [3.05, 3.63) is 29.8 Å². The van der Waals surface area contributed by atoms with E-state index < -0.39 is 0 Å². The summed E-state index contributed by atoms with van der Waals surface area (Å²) in [7, 11) is 1.82. The Balaban J connectivity index is 0.00000243. The van der Waals surface area contributed by atoms with Crippen LogP contribution in [0, 0.1) is 0 Å². The van der Waals surface area contributed by atoms with Crippen LogP contribution in [-0.4, -0.2) is 43.0 Å². The second kappa shape index (κ2) is 10.4. The Morgan fingerprint density at radius 1 is 1.31 bits per heavy atom. The Hall–Kier alpha value is -0.960. The molecule has 0 spiro atoms. The van der Waals surface area contributed by atoms with Crippen molar-refractivity contribution in [1.82, 2.24) is 10.6 Å². The number of nitrogens with one attached hydrogen (secondary N) is 2. The average molecular weight is 488 g/mol. The lowest BCUT2D eigenvalue weighted by Gasteiger charge is -2.18. The summed E-state index contributed by atoms with van der Waals surface area (Å²) in [5.41, 5.74) is 2.19. The molecule has 1 amide bonds. The highest BCUT2D eigenvalue weighted by atomic mass is 127. The van der Waals surface area contributed by atoms with Gasteiger partial charge in [-0.3, -0.25) is 9.79 Å². The first kappa shape index (κ1) is 21.3. The lowest BCUT2D eigenvalue weighted by atomic mass is 10.2. The second-order valence-corrected chi connectivity index (χ2v) is 7.89. The summed E-state index contributed by atoms with van der Waals surface area (Å²) in [5, 5.41) is 7.70. The average Bonchev–Trinajstić information content (AvgIpc) is 3.27. The normalized spacial score (nSPS) is 23.1. The molecule has 2 aliphatic rings. The van der Waals surface area contributed by atoms with Gasteiger partial charge in [0.05, 0.1) is 0 Å². The van der Waals surface area contributed by atoms with E-state index in [9.17, 15) is 4.79 Å². The second-order valence-electron chi connectivity index (χ2n) is 6.75. The van der Waals surface area contributed by atoms with Gasteiger partial charge in [0.2, 0.25) is 5.91 Å². The third-order valence-electron chi connectivity index (χ3n) is 5.06. The molecule has 0 aromatic heterocycles. The molecule has 1 heterocycles. The monoisotopic (exact) mass is 488 g/mol. The van der Waals surface area contributed by atoms with Gasteiger partial charge in [0.1, 0.15) is 0 Å². The standard InChI is InChI=1S/C19H28N4OS.HI/c1-20-19(22-15-7-10-17(12-15)25-2)21-13-14-5-8-16(9-6-14)23-11-3-4-18(23)24;/h5-6,8-9,15,17H,3-4,7,10-13H2,1-2H3,(H2,20,21,22);1H. The quantitative estimate of drug-likeness (QED) is 0.379. The topological polar surface area (TPSA) is 56.7 Å². The van der Waals surface area contributed by atoms with Crippen LogP contribution in [0.4, 0.5) is 5.69 Å². The van der Waals surface area contributed by atoms with Gasteiger partial charge >= 0.3 is 0 Å². The lowest BCUT2D eigenvalue weighted by molar-refractivity contribution is -0.117. The number of amides is 1. The van der Waals surface area contributed by atoms with Crippen molar-refractivity contribution in [2.75, 3.05) is 24.7 Å². The summed E-state index contributed by atoms with van der Waals surface area (Å²) in [6.45, 7) is 1.57. The van der Waals surface area contributed by atoms with Gasteiger partial charge in [0.25, 0.3) is 0 Å². The fourth-order valence-corrected chi connectivity index (χ4v) is 4.37. The zero-order valence-corrected chi connectivity index (χ0v) is 18.7. The fourth-order valence-electron chi connectivity index (χ4n) is 3.57. The van der Waals surface area contributed by atoms with Gasteiger partial charge in [0, 0.05) is 43.5 Å². The Morgan fingerprint density at radius 3 is 2.65 bits per heavy atom. The van der Waals surface area contributed by atoms with Crippen LogP contribution in [0.1, 0.15) is 37.7 Å². The number of rotatable bonds is 5. The smallest absolute Gasteiger partial charge is 0.227 e. The minimum absolute atomic E-state index is 0. The molecular weight excluding hydrogens is 459 g/mol. The summed E-state index contributed by atoms with van der Waals surface area (Å²) in [6, 6.07) is 8.76. The van der Waals surface area contributed by atoms with E-state index in [0.717, 1.165) is 36.4 Å². The van der Waals surface area contributed by atoms with Gasteiger partial charge in [-0.2, -0.15) is 11.8 Å². The summed E-state index contributed by atoms with van der Waals surface area (Å²) >= 11 is 1.96. The molecular formula is C19H29IN4OS. The molecule has 2 N–H and O–H groups in total. The van der Waals surface area contributed by atoms with Gasteiger partial charge in [-0.25, -0.2) is 0 Å². The zero-order chi connectivity index (χ0) is 17.6. The summed E-state index contributed by atoms with van der Waals surface area (Å²) in [4.78, 5) is 18.0. The van der Waals surface area contributed by atoms with Crippen LogP contribution >= 0.6 is 35.7 Å². The van der Waals surface area contributed by atoms with Gasteiger partial charge in [-0.05, 0) is 49.6 Å². The Kier molecular flexibility index (Phi) is 8.53. The van der Waals surface area contributed by atoms with Gasteiger partial charge in [0.15, 0.2) is 5.96 Å². The molecule has 144 valence electrons. The van der Waals surface area contributed by atoms with Crippen LogP contribution in [0.3, 0.4) is 0 Å². The van der Waals surface area contributed by atoms with Crippen molar-refractivity contribution in [1.29, 1.82) is 0 Å². The molecule has 5 nitrogen and oxygen atoms in total. The number of anilines is 1. The molecule has 1 saturated carbocycles. The third-order valence-corrected chi connectivity index (χ3v) is 6.16. The number of benzene rings is 1. The largest absolute Gasteiger partial charge is 0.354 e. The maximum Gasteiger partial charge on any atom is 0.227 e. The minimum Gasteiger partial charge on any atom is -0.354 e. The summed E-state index contributed by atoms with van der Waals surface area (Å²) in [6.07, 6.45) is 7.53. The van der Waals surface area contributed by atoms with Gasteiger partial charge < -0.3 is 15.5 Å². The van der Waals surface area contributed by atoms with E-state index >= 15 is 0 Å². The first-order chi connectivity index (χ1) is 12.2. The van der Waals surface area contributed by atoms with Crippen molar-refractivity contribution in [3.8, 4) is 0 Å². The fraction of sp³-hybridized carbons (Fsp3) is 0.579. The number of guanidine groups is 1. The molecule has 2 fully saturated rings. The molecule has 0 radical (unpaired) electrons. The van der Waals surface area contributed by atoms with Crippen LogP contribution in [-0.2, 0) is 11.3 Å². The number of carbonyl (C=O) groups is 1. The van der Waals surface area contributed by atoms with E-state index in [4.69, 9.17) is 0 Å². The van der Waals surface area contributed by atoms with Crippen molar-refractivity contribution in [3.63, 3.8) is 0 Å². The summed E-state index contributed by atoms with van der Waals surface area (Å²) in [5.74, 6) is 1.10. The van der Waals surface area contributed by atoms with E-state index in [0.29, 0.717) is 12.5 Å². The van der Waals surface area contributed by atoms with E-state index in [2.05, 4.69) is 34.0 Å². The van der Waals surface area contributed by atoms with Crippen molar-refractivity contribution in [2.24, 2.45) is 4.99 Å². The lowest BCUT2D eigenvalue weighted by Crippen LogP contribution is -2.42. The number of nitrogens with zero attached hydrogens (tertiary/aromatic N) is 2. The van der Waals surface area contributed by atoms with Crippen LogP contribution in [0.25, 0.3) is 0 Å². The molecule has 2 unspecified atom stereocenters. The number of hydrogen-bond acceptors (Lipinski definition) is 3. The van der Waals surface area contributed by atoms with E-state index in [1.165, 1.54) is 24.8 Å². The molecule has 2 atom stereocenters. The minimum atomic E-state index is 0. The predicted molar refractivity (Wildman–Crippen MR) is 122 cm³/mol. The van der Waals surface area contributed by atoms with Crippen LogP contribution in [0.5, 0.6) is 0 Å². The molecule has 1 aliphatic heterocycles. The third kappa shape index (κ3) is 5.52. The highest BCUT2D eigenvalue weighted by Crippen LogP contribution is 2.28. The number of aliphatic imine (C=N–C) groups is 1. The van der Waals surface area contributed by atoms with Crippen LogP contribution in [0.2, 0.25) is 0 Å². The predicted octanol–water partition coefficient (Wildman–Crippen LogP) is 3.38. The van der Waals surface area contributed by atoms with Crippen molar-refractivity contribution < 1.29 is 4.79 Å². The van der Waals surface area contributed by atoms with E-state index in [1.807, 2.05) is 35.8 Å². The van der Waals surface area contributed by atoms with Crippen LogP contribution < -0.4 is 15.5 Å². The highest BCUT2D eigenvalue weighted by molar-refractivity contribution is 14.0. The molecule has 3 rings (SSSR count). The highest BCUT2D eigenvalue weighted by Gasteiger charge is 2.24. The maximum absolute atomic E-state index is 11.8. The Bertz CT molecular complexity index is 622. The van der Waals surface area contributed by atoms with Gasteiger partial charge in [-0.15, -0.1) is 24.0 Å². The Morgan fingerprint density at radius 2 is 2.08 bits per heavy atom. The van der Waals surface area contributed by atoms with Crippen LogP contribution in [0.15, 0.2) is 29.3 Å². The van der Waals surface area contributed by atoms with E-state index in [1.54, 1.807) is 0 Å². The molecule has 7 heteroatoms.